The third kappa shape index (κ3) is 3.12. The maximum Gasteiger partial charge on any atom is 0.259 e. The van der Waals surface area contributed by atoms with Crippen LogP contribution in [-0.2, 0) is 13.6 Å². The number of carbonyl (C=O) groups is 1. The summed E-state index contributed by atoms with van der Waals surface area (Å²) >= 11 is 3.16. The lowest BCUT2D eigenvalue weighted by Crippen LogP contribution is -2.25. The third-order valence-electron chi connectivity index (χ3n) is 3.93. The summed E-state index contributed by atoms with van der Waals surface area (Å²) in [5, 5.41) is 3.44. The van der Waals surface area contributed by atoms with Crippen LogP contribution >= 0.6 is 23.1 Å². The Hall–Kier alpha value is -2.05. The molecule has 0 bridgehead atoms. The van der Waals surface area contributed by atoms with Gasteiger partial charge in [0.25, 0.3) is 11.5 Å². The topological polar surface area (TPSA) is 51.1 Å². The Morgan fingerprint density at radius 3 is 2.62 bits per heavy atom. The van der Waals surface area contributed by atoms with E-state index in [1.165, 1.54) is 20.8 Å². The average molecular weight is 358 g/mol. The predicted octanol–water partition coefficient (Wildman–Crippen LogP) is 3.56. The first-order valence-corrected chi connectivity index (χ1v) is 9.55. The van der Waals surface area contributed by atoms with Gasteiger partial charge in [-0.05, 0) is 36.9 Å². The Labute approximate surface area is 148 Å². The van der Waals surface area contributed by atoms with Crippen LogP contribution in [-0.4, -0.2) is 16.7 Å². The molecule has 0 saturated carbocycles. The van der Waals surface area contributed by atoms with Gasteiger partial charge in [-0.25, -0.2) is 0 Å². The Morgan fingerprint density at radius 2 is 1.96 bits per heavy atom. The second kappa shape index (κ2) is 6.83. The number of pyridine rings is 1. The fourth-order valence-electron chi connectivity index (χ4n) is 2.61. The summed E-state index contributed by atoms with van der Waals surface area (Å²) in [7, 11) is 1.70. The van der Waals surface area contributed by atoms with Crippen molar-refractivity contribution in [3.8, 4) is 0 Å². The summed E-state index contributed by atoms with van der Waals surface area (Å²) in [6.07, 6.45) is 3.76. The minimum atomic E-state index is -0.198. The van der Waals surface area contributed by atoms with E-state index in [-0.39, 0.29) is 11.5 Å². The number of hydrogen-bond donors (Lipinski definition) is 1. The average Bonchev–Trinajstić information content (AvgIpc) is 2.93. The van der Waals surface area contributed by atoms with Crippen molar-refractivity contribution in [1.82, 2.24) is 9.88 Å². The van der Waals surface area contributed by atoms with E-state index in [1.807, 2.05) is 43.5 Å². The molecular weight excluding hydrogens is 340 g/mol. The van der Waals surface area contributed by atoms with Gasteiger partial charge in [-0.1, -0.05) is 12.1 Å². The zero-order chi connectivity index (χ0) is 17.3. The van der Waals surface area contributed by atoms with Gasteiger partial charge >= 0.3 is 0 Å². The standard InChI is InChI=1S/C18H18N2O2S2/c1-11-15(16-14(24-11)8-9-20(2)18(16)22)17(21)19-10-12-4-6-13(23-3)7-5-12/h4-9H,10H2,1-3H3,(H,19,21). The molecule has 0 spiro atoms. The first kappa shape index (κ1) is 16.8. The van der Waals surface area contributed by atoms with Gasteiger partial charge in [0.05, 0.1) is 10.9 Å². The molecule has 3 rings (SSSR count). The fourth-order valence-corrected chi connectivity index (χ4v) is 4.06. The highest BCUT2D eigenvalue weighted by Crippen LogP contribution is 2.28. The van der Waals surface area contributed by atoms with E-state index in [4.69, 9.17) is 0 Å². The van der Waals surface area contributed by atoms with Crippen molar-refractivity contribution in [2.24, 2.45) is 7.05 Å². The molecule has 0 saturated heterocycles. The Morgan fingerprint density at radius 1 is 1.25 bits per heavy atom. The maximum absolute atomic E-state index is 12.6. The molecule has 1 N–H and O–H groups in total. The Kier molecular flexibility index (Phi) is 4.78. The van der Waals surface area contributed by atoms with E-state index >= 15 is 0 Å². The Bertz CT molecular complexity index is 956. The minimum Gasteiger partial charge on any atom is -0.348 e. The molecule has 1 amide bonds. The highest BCUT2D eigenvalue weighted by Gasteiger charge is 2.19. The SMILES string of the molecule is CSc1ccc(CNC(=O)c2c(C)sc3ccn(C)c(=O)c23)cc1. The van der Waals surface area contributed by atoms with Gasteiger partial charge in [-0.2, -0.15) is 0 Å². The molecule has 0 radical (unpaired) electrons. The van der Waals surface area contributed by atoms with Crippen LogP contribution in [0.2, 0.25) is 0 Å². The molecule has 1 aromatic carbocycles. The van der Waals surface area contributed by atoms with Crippen molar-refractivity contribution < 1.29 is 4.79 Å². The van der Waals surface area contributed by atoms with E-state index in [9.17, 15) is 9.59 Å². The molecule has 0 atom stereocenters. The van der Waals surface area contributed by atoms with E-state index < -0.39 is 0 Å². The van der Waals surface area contributed by atoms with Crippen LogP contribution in [0.3, 0.4) is 0 Å². The van der Waals surface area contributed by atoms with Crippen LogP contribution in [0.25, 0.3) is 10.1 Å². The third-order valence-corrected chi connectivity index (χ3v) is 5.75. The zero-order valence-electron chi connectivity index (χ0n) is 13.8. The lowest BCUT2D eigenvalue weighted by molar-refractivity contribution is 0.0952. The van der Waals surface area contributed by atoms with Crippen LogP contribution in [0, 0.1) is 6.92 Å². The number of nitrogens with one attached hydrogen (secondary N) is 1. The van der Waals surface area contributed by atoms with Gasteiger partial charge in [0.1, 0.15) is 0 Å². The molecular formula is C18H18N2O2S2. The van der Waals surface area contributed by atoms with E-state index in [2.05, 4.69) is 5.32 Å². The quantitative estimate of drug-likeness (QED) is 0.726. The normalized spacial score (nSPS) is 11.0. The van der Waals surface area contributed by atoms with Gasteiger partial charge in [0.2, 0.25) is 0 Å². The summed E-state index contributed by atoms with van der Waals surface area (Å²) < 4.78 is 2.36. The van der Waals surface area contributed by atoms with Crippen LogP contribution in [0.1, 0.15) is 20.8 Å². The van der Waals surface area contributed by atoms with Crippen molar-refractivity contribution >= 4 is 39.1 Å². The number of nitrogens with zero attached hydrogens (tertiary/aromatic N) is 1. The summed E-state index contributed by atoms with van der Waals surface area (Å²) in [5.41, 5.74) is 1.40. The number of carbonyl (C=O) groups excluding carboxylic acids is 1. The van der Waals surface area contributed by atoms with Gasteiger partial charge in [-0.15, -0.1) is 23.1 Å². The van der Waals surface area contributed by atoms with Crippen molar-refractivity contribution in [1.29, 1.82) is 0 Å². The number of benzene rings is 1. The lowest BCUT2D eigenvalue weighted by atomic mass is 10.1. The van der Waals surface area contributed by atoms with Crippen molar-refractivity contribution in [2.75, 3.05) is 6.26 Å². The van der Waals surface area contributed by atoms with E-state index in [0.29, 0.717) is 17.5 Å². The lowest BCUT2D eigenvalue weighted by Gasteiger charge is -2.07. The molecule has 0 aliphatic rings. The van der Waals surface area contributed by atoms with Crippen molar-refractivity contribution in [3.63, 3.8) is 0 Å². The summed E-state index contributed by atoms with van der Waals surface area (Å²) in [6, 6.07) is 9.96. The van der Waals surface area contributed by atoms with Crippen LogP contribution < -0.4 is 10.9 Å². The minimum absolute atomic E-state index is 0.133. The predicted molar refractivity (Wildman–Crippen MR) is 101 cm³/mol. The van der Waals surface area contributed by atoms with Gasteiger partial charge in [-0.3, -0.25) is 9.59 Å². The van der Waals surface area contributed by atoms with Gasteiger partial charge in [0, 0.05) is 34.3 Å². The molecule has 0 aliphatic heterocycles. The molecule has 0 fully saturated rings. The number of amides is 1. The molecule has 2 aromatic heterocycles. The highest BCUT2D eigenvalue weighted by molar-refractivity contribution is 7.98. The maximum atomic E-state index is 12.6. The summed E-state index contributed by atoms with van der Waals surface area (Å²) in [4.78, 5) is 27.1. The largest absolute Gasteiger partial charge is 0.348 e. The number of thiophene rings is 1. The van der Waals surface area contributed by atoms with Crippen LogP contribution in [0.15, 0.2) is 46.2 Å². The molecule has 124 valence electrons. The van der Waals surface area contributed by atoms with Crippen LogP contribution in [0.4, 0.5) is 0 Å². The van der Waals surface area contributed by atoms with E-state index in [1.54, 1.807) is 25.0 Å². The van der Waals surface area contributed by atoms with Crippen LogP contribution in [0.5, 0.6) is 0 Å². The molecule has 2 heterocycles. The molecule has 3 aromatic rings. The molecule has 0 aliphatic carbocycles. The zero-order valence-corrected chi connectivity index (χ0v) is 15.4. The second-order valence-corrected chi connectivity index (χ2v) is 7.67. The van der Waals surface area contributed by atoms with Gasteiger partial charge in [0.15, 0.2) is 0 Å². The number of fused-ring (bicyclic) bond motifs is 1. The summed E-state index contributed by atoms with van der Waals surface area (Å²) in [6.45, 7) is 2.32. The van der Waals surface area contributed by atoms with Gasteiger partial charge < -0.3 is 9.88 Å². The smallest absolute Gasteiger partial charge is 0.259 e. The fraction of sp³-hybridized carbons (Fsp3) is 0.222. The first-order chi connectivity index (χ1) is 11.5. The molecule has 6 heteroatoms. The number of hydrogen-bond acceptors (Lipinski definition) is 4. The highest BCUT2D eigenvalue weighted by atomic mass is 32.2. The number of aryl methyl sites for hydroxylation is 2. The second-order valence-electron chi connectivity index (χ2n) is 5.54. The molecule has 0 unspecified atom stereocenters. The molecule has 4 nitrogen and oxygen atoms in total. The van der Waals surface area contributed by atoms with Crippen molar-refractivity contribution in [2.45, 2.75) is 18.4 Å². The van der Waals surface area contributed by atoms with Crippen molar-refractivity contribution in [3.05, 3.63) is 62.9 Å². The summed E-state index contributed by atoms with van der Waals surface area (Å²) in [5.74, 6) is -0.198. The number of rotatable bonds is 4. The monoisotopic (exact) mass is 358 g/mol. The number of aromatic nitrogens is 1. The van der Waals surface area contributed by atoms with E-state index in [0.717, 1.165) is 15.1 Å². The Balaban J connectivity index is 1.87. The first-order valence-electron chi connectivity index (χ1n) is 7.51. The molecule has 24 heavy (non-hydrogen) atoms. The number of thioether (sulfide) groups is 1.